The molecule has 2 aromatic heterocycles. The summed E-state index contributed by atoms with van der Waals surface area (Å²) in [5, 5.41) is 6.82. The summed E-state index contributed by atoms with van der Waals surface area (Å²) in [7, 11) is 0. The second kappa shape index (κ2) is 12.9. The summed E-state index contributed by atoms with van der Waals surface area (Å²) >= 11 is 6.34. The first-order valence-electron chi connectivity index (χ1n) is 14.5. The first-order valence-corrected chi connectivity index (χ1v) is 14.9. The predicted octanol–water partition coefficient (Wildman–Crippen LogP) is 5.27. The number of halogens is 8. The van der Waals surface area contributed by atoms with Gasteiger partial charge in [-0.1, -0.05) is 24.6 Å². The molecule has 17 heteroatoms. The summed E-state index contributed by atoms with van der Waals surface area (Å²) in [6.07, 6.45) is -10.2. The van der Waals surface area contributed by atoms with Gasteiger partial charge in [0.05, 0.1) is 40.7 Å². The molecular formula is C29H31ClF7N7O2. The van der Waals surface area contributed by atoms with E-state index < -0.39 is 61.2 Å². The largest absolute Gasteiger partial charge is 0.392 e. The summed E-state index contributed by atoms with van der Waals surface area (Å²) in [6.45, 7) is 0.844. The molecule has 0 spiro atoms. The minimum Gasteiger partial charge on any atom is -0.382 e. The predicted molar refractivity (Wildman–Crippen MR) is 154 cm³/mol. The summed E-state index contributed by atoms with van der Waals surface area (Å²) in [6, 6.07) is 5.10. The summed E-state index contributed by atoms with van der Waals surface area (Å²) in [4.78, 5) is 32.5. The zero-order chi connectivity index (χ0) is 33.6. The van der Waals surface area contributed by atoms with Gasteiger partial charge in [0.1, 0.15) is 18.0 Å². The Morgan fingerprint density at radius 1 is 1.11 bits per heavy atom. The molecule has 4 heterocycles. The molecule has 2 saturated heterocycles. The molecule has 0 bridgehead atoms. The Morgan fingerprint density at radius 3 is 2.46 bits per heavy atom. The van der Waals surface area contributed by atoms with Gasteiger partial charge in [0.15, 0.2) is 5.82 Å². The fourth-order valence-corrected chi connectivity index (χ4v) is 6.05. The Morgan fingerprint density at radius 2 is 1.80 bits per heavy atom. The van der Waals surface area contributed by atoms with Crippen molar-refractivity contribution < 1.29 is 40.3 Å². The first-order chi connectivity index (χ1) is 21.5. The molecule has 0 aliphatic carbocycles. The maximum absolute atomic E-state index is 14.8. The molecule has 46 heavy (non-hydrogen) atoms. The van der Waals surface area contributed by atoms with E-state index in [2.05, 4.69) is 15.4 Å². The number of nitrogens with zero attached hydrogens (tertiary/aromatic N) is 5. The third-order valence-corrected chi connectivity index (χ3v) is 8.90. The molecular weight excluding hydrogens is 647 g/mol. The van der Waals surface area contributed by atoms with Crippen LogP contribution in [0.2, 0.25) is 5.02 Å². The summed E-state index contributed by atoms with van der Waals surface area (Å²) < 4.78 is 94.5. The summed E-state index contributed by atoms with van der Waals surface area (Å²) in [5.41, 5.74) is 8.20. The fourth-order valence-electron chi connectivity index (χ4n) is 5.85. The van der Waals surface area contributed by atoms with Crippen molar-refractivity contribution in [2.24, 2.45) is 11.8 Å². The second-order valence-electron chi connectivity index (χ2n) is 11.8. The number of likely N-dealkylation sites (tertiary alicyclic amines) is 2. The minimum absolute atomic E-state index is 0.0247. The summed E-state index contributed by atoms with van der Waals surface area (Å²) in [5.74, 6) is -4.74. The number of alkyl halides is 7. The van der Waals surface area contributed by atoms with Gasteiger partial charge < -0.3 is 16.0 Å². The van der Waals surface area contributed by atoms with Gasteiger partial charge in [0.2, 0.25) is 5.91 Å². The van der Waals surface area contributed by atoms with Crippen molar-refractivity contribution in [3.63, 3.8) is 0 Å². The SMILES string of the molecule is CC(CC(=O)N1C[C@H](F)[C@H](NC(=O)c2cc(-c3cc(CN4CCC(C(F)(F)F)CC4)c4c(N)ncnn34)ccc2Cl)C1)C(F)(F)F. The monoisotopic (exact) mass is 677 g/mol. The number of hydrogen-bond acceptors (Lipinski definition) is 6. The second-order valence-corrected chi connectivity index (χ2v) is 12.2. The van der Waals surface area contributed by atoms with Crippen molar-refractivity contribution in [1.29, 1.82) is 0 Å². The van der Waals surface area contributed by atoms with E-state index in [0.717, 1.165) is 11.8 Å². The van der Waals surface area contributed by atoms with E-state index in [4.69, 9.17) is 17.3 Å². The lowest BCUT2D eigenvalue weighted by molar-refractivity contribution is -0.185. The lowest BCUT2D eigenvalue weighted by Gasteiger charge is -2.32. The van der Waals surface area contributed by atoms with E-state index in [1.807, 2.05) is 4.90 Å². The topological polar surface area (TPSA) is 109 Å². The van der Waals surface area contributed by atoms with Crippen LogP contribution in [0, 0.1) is 11.8 Å². The number of nitrogens with two attached hydrogens (primary N) is 1. The van der Waals surface area contributed by atoms with E-state index in [1.165, 1.54) is 23.0 Å². The fraction of sp³-hybridized carbons (Fsp3) is 0.517. The van der Waals surface area contributed by atoms with Crippen LogP contribution in [0.15, 0.2) is 30.6 Å². The number of rotatable bonds is 7. The van der Waals surface area contributed by atoms with Crippen LogP contribution in [0.4, 0.5) is 36.6 Å². The number of carbonyl (C=O) groups is 2. The average molecular weight is 678 g/mol. The van der Waals surface area contributed by atoms with E-state index in [1.54, 1.807) is 12.1 Å². The standard InChI is InChI=1S/C29H31ClF7N7O2/c1-15(28(32,33)34)8-24(45)43-12-21(31)22(13-43)41-27(46)19-9-16(2-3-20(19)30)23-10-17(25-26(38)39-14-40-44(23)25)11-42-6-4-18(5-7-42)29(35,36)37/h2-3,9-10,14-15,18,21-22H,4-8,11-13H2,1H3,(H,41,46)(H2,38,39,40)/t15?,21-,22+/m0/s1. The first kappa shape index (κ1) is 33.7. The van der Waals surface area contributed by atoms with Crippen LogP contribution in [-0.4, -0.2) is 87.0 Å². The van der Waals surface area contributed by atoms with Crippen molar-refractivity contribution in [3.05, 3.63) is 46.7 Å². The molecule has 5 rings (SSSR count). The number of nitrogen functional groups attached to an aromatic ring is 1. The van der Waals surface area contributed by atoms with Gasteiger partial charge in [-0.3, -0.25) is 14.5 Å². The number of amides is 2. The van der Waals surface area contributed by atoms with Crippen LogP contribution in [0.25, 0.3) is 16.8 Å². The molecule has 0 saturated carbocycles. The number of anilines is 1. The third-order valence-electron chi connectivity index (χ3n) is 8.57. The van der Waals surface area contributed by atoms with Crippen LogP contribution >= 0.6 is 11.6 Å². The molecule has 1 aromatic carbocycles. The highest BCUT2D eigenvalue weighted by molar-refractivity contribution is 6.34. The maximum Gasteiger partial charge on any atom is 0.392 e. The number of hydrogen-bond donors (Lipinski definition) is 2. The van der Waals surface area contributed by atoms with Crippen LogP contribution in [0.5, 0.6) is 0 Å². The number of benzene rings is 1. The Kier molecular flexibility index (Phi) is 9.42. The quantitative estimate of drug-likeness (QED) is 0.330. The van der Waals surface area contributed by atoms with Crippen LogP contribution in [0.1, 0.15) is 42.1 Å². The van der Waals surface area contributed by atoms with E-state index in [9.17, 15) is 40.3 Å². The molecule has 2 aliphatic heterocycles. The molecule has 3 aromatic rings. The van der Waals surface area contributed by atoms with Crippen LogP contribution in [-0.2, 0) is 11.3 Å². The Hall–Kier alpha value is -3.66. The molecule has 1 unspecified atom stereocenters. The molecule has 0 radical (unpaired) electrons. The number of carbonyl (C=O) groups excluding carboxylic acids is 2. The van der Waals surface area contributed by atoms with Gasteiger partial charge in [0, 0.05) is 25.1 Å². The van der Waals surface area contributed by atoms with Crippen molar-refractivity contribution in [3.8, 4) is 11.3 Å². The van der Waals surface area contributed by atoms with Gasteiger partial charge >= 0.3 is 12.4 Å². The molecule has 9 nitrogen and oxygen atoms in total. The van der Waals surface area contributed by atoms with Gasteiger partial charge in [-0.25, -0.2) is 13.9 Å². The van der Waals surface area contributed by atoms with Crippen LogP contribution < -0.4 is 11.1 Å². The minimum atomic E-state index is -4.57. The molecule has 2 fully saturated rings. The molecule has 3 atom stereocenters. The highest BCUT2D eigenvalue weighted by Crippen LogP contribution is 2.36. The van der Waals surface area contributed by atoms with Gasteiger partial charge in [-0.15, -0.1) is 0 Å². The number of nitrogens with one attached hydrogen (secondary N) is 1. The van der Waals surface area contributed by atoms with E-state index in [0.29, 0.717) is 22.3 Å². The molecule has 2 amide bonds. The van der Waals surface area contributed by atoms with E-state index >= 15 is 0 Å². The smallest absolute Gasteiger partial charge is 0.382 e. The zero-order valence-electron chi connectivity index (χ0n) is 24.5. The van der Waals surface area contributed by atoms with Crippen LogP contribution in [0.3, 0.4) is 0 Å². The van der Waals surface area contributed by atoms with E-state index in [-0.39, 0.29) is 55.4 Å². The van der Waals surface area contributed by atoms with Gasteiger partial charge in [-0.05, 0) is 49.7 Å². The maximum atomic E-state index is 14.8. The highest BCUT2D eigenvalue weighted by atomic mass is 35.5. The number of fused-ring (bicyclic) bond motifs is 1. The molecule has 2 aliphatic rings. The van der Waals surface area contributed by atoms with Crippen molar-refractivity contribution in [1.82, 2.24) is 29.7 Å². The van der Waals surface area contributed by atoms with Crippen molar-refractivity contribution in [2.45, 2.75) is 57.3 Å². The van der Waals surface area contributed by atoms with Crippen molar-refractivity contribution >= 4 is 34.7 Å². The van der Waals surface area contributed by atoms with Gasteiger partial charge in [0.25, 0.3) is 5.91 Å². The number of piperidine rings is 1. The average Bonchev–Trinajstić information content (AvgIpc) is 3.53. The Labute approximate surface area is 263 Å². The Bertz CT molecular complexity index is 1600. The highest BCUT2D eigenvalue weighted by Gasteiger charge is 2.42. The lowest BCUT2D eigenvalue weighted by Crippen LogP contribution is -2.42. The normalized spacial score (nSPS) is 20.8. The Balaban J connectivity index is 1.34. The third kappa shape index (κ3) is 7.17. The molecule has 250 valence electrons. The number of aromatic nitrogens is 3. The van der Waals surface area contributed by atoms with Crippen molar-refractivity contribution in [2.75, 3.05) is 31.9 Å². The zero-order valence-corrected chi connectivity index (χ0v) is 25.3. The molecule has 3 N–H and O–H groups in total. The lowest BCUT2D eigenvalue weighted by atomic mass is 9.96. The van der Waals surface area contributed by atoms with Gasteiger partial charge in [-0.2, -0.15) is 31.4 Å².